The number of unbranched alkanes of at least 4 members (excludes halogenated alkanes) is 2. The van der Waals surface area contributed by atoms with Gasteiger partial charge in [-0.1, -0.05) is 18.0 Å². The van der Waals surface area contributed by atoms with Crippen LogP contribution in [0.1, 0.15) is 41.9 Å². The first kappa shape index (κ1) is 16.3. The fourth-order valence-electron chi connectivity index (χ4n) is 2.27. The lowest BCUT2D eigenvalue weighted by Crippen LogP contribution is -2.26. The van der Waals surface area contributed by atoms with Gasteiger partial charge in [0.2, 0.25) is 0 Å². The van der Waals surface area contributed by atoms with Gasteiger partial charge in [-0.3, -0.25) is 14.0 Å². The summed E-state index contributed by atoms with van der Waals surface area (Å²) in [5.41, 5.74) is 1.79. The Balaban J connectivity index is 1.94. The second kappa shape index (κ2) is 7.26. The van der Waals surface area contributed by atoms with Gasteiger partial charge >= 0.3 is 5.97 Å². The van der Waals surface area contributed by atoms with E-state index in [0.29, 0.717) is 35.0 Å². The highest BCUT2D eigenvalue weighted by Gasteiger charge is 2.16. The number of carboxylic acid groups (broad SMARTS) is 1. The van der Waals surface area contributed by atoms with Crippen LogP contribution in [0.5, 0.6) is 0 Å². The molecule has 0 radical (unpaired) electrons. The highest BCUT2D eigenvalue weighted by atomic mass is 35.5. The summed E-state index contributed by atoms with van der Waals surface area (Å²) < 4.78 is 1.68. The van der Waals surface area contributed by atoms with E-state index >= 15 is 0 Å². The Morgan fingerprint density at radius 3 is 2.82 bits per heavy atom. The molecule has 2 aromatic heterocycles. The van der Waals surface area contributed by atoms with Gasteiger partial charge in [-0.15, -0.1) is 0 Å². The number of aryl methyl sites for hydroxylation is 1. The topological polar surface area (TPSA) is 83.7 Å². The maximum absolute atomic E-state index is 12.3. The first-order chi connectivity index (χ1) is 10.5. The molecule has 22 heavy (non-hydrogen) atoms. The fraction of sp³-hybridized carbons (Fsp3) is 0.400. The molecule has 7 heteroatoms. The zero-order valence-electron chi connectivity index (χ0n) is 12.3. The SMILES string of the molecule is Cc1nc2ccc(Cl)cn2c1C(=O)NCCCCCC(=O)O. The minimum absolute atomic E-state index is 0.165. The zero-order chi connectivity index (χ0) is 16.1. The monoisotopic (exact) mass is 323 g/mol. The highest BCUT2D eigenvalue weighted by Crippen LogP contribution is 2.16. The highest BCUT2D eigenvalue weighted by molar-refractivity contribution is 6.30. The minimum atomic E-state index is -0.790. The predicted molar refractivity (Wildman–Crippen MR) is 83.4 cm³/mol. The molecular weight excluding hydrogens is 306 g/mol. The molecule has 0 aliphatic carbocycles. The number of fused-ring (bicyclic) bond motifs is 1. The molecule has 0 fully saturated rings. The lowest BCUT2D eigenvalue weighted by Gasteiger charge is -2.06. The van der Waals surface area contributed by atoms with Gasteiger partial charge < -0.3 is 10.4 Å². The summed E-state index contributed by atoms with van der Waals surface area (Å²) in [5.74, 6) is -0.993. The number of amides is 1. The Hall–Kier alpha value is -2.08. The van der Waals surface area contributed by atoms with Crippen LogP contribution < -0.4 is 5.32 Å². The van der Waals surface area contributed by atoms with Crippen LogP contribution in [0, 0.1) is 6.92 Å². The Morgan fingerprint density at radius 1 is 1.32 bits per heavy atom. The summed E-state index contributed by atoms with van der Waals surface area (Å²) in [5, 5.41) is 11.9. The van der Waals surface area contributed by atoms with Gasteiger partial charge in [0.05, 0.1) is 10.7 Å². The molecule has 0 saturated heterocycles. The number of hydrogen-bond acceptors (Lipinski definition) is 3. The van der Waals surface area contributed by atoms with Crippen molar-refractivity contribution in [1.29, 1.82) is 0 Å². The lowest BCUT2D eigenvalue weighted by molar-refractivity contribution is -0.137. The van der Waals surface area contributed by atoms with E-state index in [1.165, 1.54) is 0 Å². The molecule has 2 N–H and O–H groups in total. The van der Waals surface area contributed by atoms with Crippen molar-refractivity contribution >= 4 is 29.1 Å². The molecule has 0 aliphatic rings. The van der Waals surface area contributed by atoms with E-state index in [9.17, 15) is 9.59 Å². The van der Waals surface area contributed by atoms with Crippen LogP contribution in [-0.4, -0.2) is 32.9 Å². The van der Waals surface area contributed by atoms with E-state index in [4.69, 9.17) is 16.7 Å². The van der Waals surface area contributed by atoms with Gasteiger partial charge in [-0.2, -0.15) is 0 Å². The molecular formula is C15H18ClN3O3. The van der Waals surface area contributed by atoms with Crippen molar-refractivity contribution in [3.8, 4) is 0 Å². The number of aromatic nitrogens is 2. The molecule has 0 saturated carbocycles. The van der Waals surface area contributed by atoms with Crippen molar-refractivity contribution in [2.24, 2.45) is 0 Å². The minimum Gasteiger partial charge on any atom is -0.481 e. The third kappa shape index (κ3) is 3.98. The molecule has 118 valence electrons. The third-order valence-corrected chi connectivity index (χ3v) is 3.55. The van der Waals surface area contributed by atoms with Crippen molar-refractivity contribution in [1.82, 2.24) is 14.7 Å². The van der Waals surface area contributed by atoms with Crippen LogP contribution in [0.15, 0.2) is 18.3 Å². The number of hydrogen-bond donors (Lipinski definition) is 2. The van der Waals surface area contributed by atoms with Crippen LogP contribution >= 0.6 is 11.6 Å². The summed E-state index contributed by atoms with van der Waals surface area (Å²) in [4.78, 5) is 27.0. The Kier molecular flexibility index (Phi) is 5.38. The molecule has 2 rings (SSSR count). The molecule has 0 atom stereocenters. The molecule has 2 aromatic rings. The van der Waals surface area contributed by atoms with Crippen molar-refractivity contribution in [2.45, 2.75) is 32.6 Å². The van der Waals surface area contributed by atoms with Gasteiger partial charge in [0.15, 0.2) is 0 Å². The van der Waals surface area contributed by atoms with Crippen molar-refractivity contribution in [2.75, 3.05) is 6.54 Å². The molecule has 1 amide bonds. The number of carbonyl (C=O) groups excluding carboxylic acids is 1. The molecule has 0 bridgehead atoms. The number of rotatable bonds is 7. The number of halogens is 1. The number of carbonyl (C=O) groups is 2. The summed E-state index contributed by atoms with van der Waals surface area (Å²) >= 11 is 5.96. The quantitative estimate of drug-likeness (QED) is 0.767. The summed E-state index contributed by atoms with van der Waals surface area (Å²) in [7, 11) is 0. The number of nitrogens with one attached hydrogen (secondary N) is 1. The Morgan fingerprint density at radius 2 is 2.09 bits per heavy atom. The predicted octanol–water partition coefficient (Wildman–Crippen LogP) is 2.67. The molecule has 6 nitrogen and oxygen atoms in total. The first-order valence-corrected chi connectivity index (χ1v) is 7.51. The third-order valence-electron chi connectivity index (χ3n) is 3.32. The standard InChI is InChI=1S/C15H18ClN3O3/c1-10-14(19-9-11(16)6-7-12(19)18-10)15(22)17-8-4-2-3-5-13(20)21/h6-7,9H,2-5,8H2,1H3,(H,17,22)(H,20,21). The van der Waals surface area contributed by atoms with Crippen molar-refractivity contribution in [3.63, 3.8) is 0 Å². The Labute approximate surface area is 133 Å². The molecule has 2 heterocycles. The Bertz CT molecular complexity index is 697. The van der Waals surface area contributed by atoms with Gasteiger partial charge in [-0.25, -0.2) is 4.98 Å². The average molecular weight is 324 g/mol. The van der Waals surface area contributed by atoms with Crippen LogP contribution in [0.3, 0.4) is 0 Å². The van der Waals surface area contributed by atoms with Crippen molar-refractivity contribution in [3.05, 3.63) is 34.7 Å². The molecule has 0 aromatic carbocycles. The maximum Gasteiger partial charge on any atom is 0.303 e. The largest absolute Gasteiger partial charge is 0.481 e. The van der Waals surface area contributed by atoms with Crippen LogP contribution in [0.4, 0.5) is 0 Å². The van der Waals surface area contributed by atoms with E-state index in [0.717, 1.165) is 12.8 Å². The number of nitrogens with zero attached hydrogens (tertiary/aromatic N) is 2. The van der Waals surface area contributed by atoms with Crippen LogP contribution in [-0.2, 0) is 4.79 Å². The van der Waals surface area contributed by atoms with Crippen LogP contribution in [0.2, 0.25) is 5.02 Å². The second-order valence-electron chi connectivity index (χ2n) is 5.08. The van der Waals surface area contributed by atoms with Gasteiger partial charge in [0.25, 0.3) is 5.91 Å². The summed E-state index contributed by atoms with van der Waals surface area (Å²) in [6.07, 6.45) is 3.97. The van der Waals surface area contributed by atoms with E-state index in [1.54, 1.807) is 29.7 Å². The van der Waals surface area contributed by atoms with Gasteiger partial charge in [0, 0.05) is 19.2 Å². The van der Waals surface area contributed by atoms with Crippen molar-refractivity contribution < 1.29 is 14.7 Å². The lowest BCUT2D eigenvalue weighted by atomic mass is 10.2. The number of aliphatic carboxylic acids is 1. The summed E-state index contributed by atoms with van der Waals surface area (Å²) in [6, 6.07) is 3.49. The zero-order valence-corrected chi connectivity index (χ0v) is 13.1. The summed E-state index contributed by atoms with van der Waals surface area (Å²) in [6.45, 7) is 2.29. The van der Waals surface area contributed by atoms with E-state index in [1.807, 2.05) is 0 Å². The smallest absolute Gasteiger partial charge is 0.303 e. The van der Waals surface area contributed by atoms with E-state index < -0.39 is 5.97 Å². The number of carboxylic acids is 1. The fourth-order valence-corrected chi connectivity index (χ4v) is 2.43. The molecule has 0 aliphatic heterocycles. The maximum atomic E-state index is 12.3. The first-order valence-electron chi connectivity index (χ1n) is 7.13. The van der Waals surface area contributed by atoms with E-state index in [-0.39, 0.29) is 12.3 Å². The van der Waals surface area contributed by atoms with Crippen LogP contribution in [0.25, 0.3) is 5.65 Å². The average Bonchev–Trinajstić information content (AvgIpc) is 2.77. The number of pyridine rings is 1. The van der Waals surface area contributed by atoms with Gasteiger partial charge in [0.1, 0.15) is 11.3 Å². The van der Waals surface area contributed by atoms with Gasteiger partial charge in [-0.05, 0) is 31.9 Å². The normalized spacial score (nSPS) is 10.8. The number of imidazole rings is 1. The molecule has 0 spiro atoms. The van der Waals surface area contributed by atoms with E-state index in [2.05, 4.69) is 10.3 Å². The molecule has 0 unspecified atom stereocenters. The second-order valence-corrected chi connectivity index (χ2v) is 5.52.